The average Bonchev–Trinajstić information content (AvgIpc) is 2.67. The molecule has 3 N–H and O–H groups in total. The number of ether oxygens (including phenoxy) is 1. The Morgan fingerprint density at radius 2 is 2.04 bits per heavy atom. The molecule has 128 valence electrons. The molecule has 0 saturated carbocycles. The highest BCUT2D eigenvalue weighted by Gasteiger charge is 2.20. The molecule has 1 aliphatic heterocycles. The Bertz CT molecular complexity index is 909. The van der Waals surface area contributed by atoms with Gasteiger partial charge in [-0.25, -0.2) is 15.0 Å². The Morgan fingerprint density at radius 3 is 2.80 bits per heavy atom. The number of nitrogen functional groups attached to an aromatic ring is 1. The molecule has 3 aromatic heterocycles. The zero-order valence-corrected chi connectivity index (χ0v) is 13.9. The number of nitrogens with two attached hydrogens (primary N) is 1. The summed E-state index contributed by atoms with van der Waals surface area (Å²) in [7, 11) is 1.63. The molecular formula is C17H19N7O. The molecule has 0 aliphatic carbocycles. The second kappa shape index (κ2) is 6.48. The van der Waals surface area contributed by atoms with Gasteiger partial charge in [0.15, 0.2) is 5.82 Å². The molecule has 0 amide bonds. The third-order valence-corrected chi connectivity index (χ3v) is 4.23. The number of nitrogens with one attached hydrogen (secondary N) is 1. The Balaban J connectivity index is 1.94. The Hall–Kier alpha value is -3.00. The summed E-state index contributed by atoms with van der Waals surface area (Å²) in [4.78, 5) is 20.0. The predicted molar refractivity (Wildman–Crippen MR) is 96.6 cm³/mol. The SMILES string of the molecule is COc1cncc2nc(-c3ccnc(N)c3)nc(N3CCNCC3)c12. The van der Waals surface area contributed by atoms with Gasteiger partial charge in [-0.15, -0.1) is 0 Å². The summed E-state index contributed by atoms with van der Waals surface area (Å²) in [5.74, 6) is 2.57. The standard InChI is InChI=1S/C17H19N7O/c1-25-13-10-20-9-12-15(13)17(24-6-4-19-5-7-24)23-16(22-12)11-2-3-21-14(18)8-11/h2-3,8-10,19H,4-7H2,1H3,(H2,18,21). The van der Waals surface area contributed by atoms with Gasteiger partial charge in [0.25, 0.3) is 0 Å². The molecule has 8 nitrogen and oxygen atoms in total. The average molecular weight is 337 g/mol. The number of rotatable bonds is 3. The van der Waals surface area contributed by atoms with Gasteiger partial charge in [0, 0.05) is 37.9 Å². The van der Waals surface area contributed by atoms with Gasteiger partial charge < -0.3 is 20.7 Å². The molecule has 25 heavy (non-hydrogen) atoms. The number of methoxy groups -OCH3 is 1. The van der Waals surface area contributed by atoms with Crippen LogP contribution >= 0.6 is 0 Å². The van der Waals surface area contributed by atoms with Crippen LogP contribution in [0.2, 0.25) is 0 Å². The van der Waals surface area contributed by atoms with E-state index >= 15 is 0 Å². The van der Waals surface area contributed by atoms with E-state index in [2.05, 4.69) is 25.2 Å². The minimum absolute atomic E-state index is 0.439. The fourth-order valence-corrected chi connectivity index (χ4v) is 3.01. The van der Waals surface area contributed by atoms with Crippen LogP contribution in [0.25, 0.3) is 22.3 Å². The maximum Gasteiger partial charge on any atom is 0.162 e. The van der Waals surface area contributed by atoms with E-state index in [0.717, 1.165) is 48.5 Å². The van der Waals surface area contributed by atoms with Gasteiger partial charge in [-0.1, -0.05) is 0 Å². The van der Waals surface area contributed by atoms with E-state index < -0.39 is 0 Å². The lowest BCUT2D eigenvalue weighted by atomic mass is 10.2. The Kier molecular flexibility index (Phi) is 4.02. The smallest absolute Gasteiger partial charge is 0.162 e. The van der Waals surface area contributed by atoms with Crippen molar-refractivity contribution in [3.8, 4) is 17.1 Å². The van der Waals surface area contributed by atoms with E-state index in [0.29, 0.717) is 17.4 Å². The first-order valence-corrected chi connectivity index (χ1v) is 8.13. The van der Waals surface area contributed by atoms with Crippen molar-refractivity contribution in [2.75, 3.05) is 43.9 Å². The van der Waals surface area contributed by atoms with E-state index in [9.17, 15) is 0 Å². The van der Waals surface area contributed by atoms with Crippen LogP contribution in [0.3, 0.4) is 0 Å². The first kappa shape index (κ1) is 15.5. The monoisotopic (exact) mass is 337 g/mol. The van der Waals surface area contributed by atoms with Gasteiger partial charge in [-0.05, 0) is 12.1 Å². The van der Waals surface area contributed by atoms with Crippen LogP contribution in [0.15, 0.2) is 30.7 Å². The molecular weight excluding hydrogens is 318 g/mol. The van der Waals surface area contributed by atoms with Crippen molar-refractivity contribution < 1.29 is 4.74 Å². The molecule has 8 heteroatoms. The van der Waals surface area contributed by atoms with Crippen LogP contribution in [0.1, 0.15) is 0 Å². The molecule has 4 heterocycles. The number of hydrogen-bond donors (Lipinski definition) is 2. The first-order chi connectivity index (χ1) is 12.3. The summed E-state index contributed by atoms with van der Waals surface area (Å²) < 4.78 is 5.51. The number of piperazine rings is 1. The molecule has 4 rings (SSSR count). The largest absolute Gasteiger partial charge is 0.494 e. The highest BCUT2D eigenvalue weighted by Crippen LogP contribution is 2.33. The van der Waals surface area contributed by atoms with Crippen molar-refractivity contribution in [1.29, 1.82) is 0 Å². The molecule has 0 spiro atoms. The van der Waals surface area contributed by atoms with Crippen LogP contribution in [0.5, 0.6) is 5.75 Å². The summed E-state index contributed by atoms with van der Waals surface area (Å²) in [6.45, 7) is 3.57. The van der Waals surface area contributed by atoms with E-state index in [-0.39, 0.29) is 0 Å². The highest BCUT2D eigenvalue weighted by molar-refractivity contribution is 5.95. The highest BCUT2D eigenvalue weighted by atomic mass is 16.5. The molecule has 1 fully saturated rings. The van der Waals surface area contributed by atoms with Gasteiger partial charge >= 0.3 is 0 Å². The van der Waals surface area contributed by atoms with E-state index in [1.165, 1.54) is 0 Å². The molecule has 1 saturated heterocycles. The summed E-state index contributed by atoms with van der Waals surface area (Å²) in [5, 5.41) is 4.24. The number of anilines is 2. The van der Waals surface area contributed by atoms with Gasteiger partial charge in [0.2, 0.25) is 0 Å². The topological polar surface area (TPSA) is 102 Å². The van der Waals surface area contributed by atoms with Gasteiger partial charge in [0.1, 0.15) is 17.4 Å². The quantitative estimate of drug-likeness (QED) is 0.732. The minimum atomic E-state index is 0.439. The van der Waals surface area contributed by atoms with Crippen molar-refractivity contribution in [2.45, 2.75) is 0 Å². The second-order valence-corrected chi connectivity index (χ2v) is 5.81. The lowest BCUT2D eigenvalue weighted by Gasteiger charge is -2.29. The van der Waals surface area contributed by atoms with Crippen molar-refractivity contribution in [3.05, 3.63) is 30.7 Å². The molecule has 1 aliphatic rings. The van der Waals surface area contributed by atoms with Crippen LogP contribution in [0.4, 0.5) is 11.6 Å². The summed E-state index contributed by atoms with van der Waals surface area (Å²) in [5.41, 5.74) is 7.39. The Labute approximate surface area is 145 Å². The van der Waals surface area contributed by atoms with E-state index in [1.807, 2.05) is 6.07 Å². The molecule has 0 atom stereocenters. The minimum Gasteiger partial charge on any atom is -0.494 e. The molecule has 3 aromatic rings. The second-order valence-electron chi connectivity index (χ2n) is 5.81. The fourth-order valence-electron chi connectivity index (χ4n) is 3.01. The maximum absolute atomic E-state index is 5.82. The first-order valence-electron chi connectivity index (χ1n) is 8.13. The lowest BCUT2D eigenvalue weighted by Crippen LogP contribution is -2.44. The predicted octanol–water partition coefficient (Wildman–Crippen LogP) is 1.09. The summed E-state index contributed by atoms with van der Waals surface area (Å²) in [6.07, 6.45) is 5.09. The van der Waals surface area contributed by atoms with Gasteiger partial charge in [-0.3, -0.25) is 4.98 Å². The molecule has 0 radical (unpaired) electrons. The van der Waals surface area contributed by atoms with Crippen LogP contribution < -0.4 is 20.7 Å². The van der Waals surface area contributed by atoms with Gasteiger partial charge in [-0.2, -0.15) is 0 Å². The fraction of sp³-hybridized carbons (Fsp3) is 0.294. The Morgan fingerprint density at radius 1 is 1.20 bits per heavy atom. The molecule has 0 aromatic carbocycles. The van der Waals surface area contributed by atoms with Crippen LogP contribution in [0, 0.1) is 0 Å². The zero-order chi connectivity index (χ0) is 17.2. The van der Waals surface area contributed by atoms with Crippen molar-refractivity contribution >= 4 is 22.5 Å². The summed E-state index contributed by atoms with van der Waals surface area (Å²) >= 11 is 0. The van der Waals surface area contributed by atoms with Crippen LogP contribution in [-0.2, 0) is 0 Å². The van der Waals surface area contributed by atoms with Crippen molar-refractivity contribution in [3.63, 3.8) is 0 Å². The van der Waals surface area contributed by atoms with Crippen molar-refractivity contribution in [2.24, 2.45) is 0 Å². The number of aromatic nitrogens is 4. The van der Waals surface area contributed by atoms with Crippen LogP contribution in [-0.4, -0.2) is 53.2 Å². The van der Waals surface area contributed by atoms with E-state index in [4.69, 9.17) is 15.5 Å². The third kappa shape index (κ3) is 2.91. The maximum atomic E-state index is 5.82. The number of fused-ring (bicyclic) bond motifs is 1. The lowest BCUT2D eigenvalue weighted by molar-refractivity contribution is 0.418. The molecule has 0 bridgehead atoms. The molecule has 0 unspecified atom stereocenters. The van der Waals surface area contributed by atoms with Gasteiger partial charge in [0.05, 0.1) is 30.4 Å². The van der Waals surface area contributed by atoms with Crippen molar-refractivity contribution in [1.82, 2.24) is 25.3 Å². The zero-order valence-electron chi connectivity index (χ0n) is 13.9. The normalized spacial score (nSPS) is 14.7. The number of hydrogen-bond acceptors (Lipinski definition) is 8. The third-order valence-electron chi connectivity index (χ3n) is 4.23. The summed E-state index contributed by atoms with van der Waals surface area (Å²) in [6, 6.07) is 3.63. The van der Waals surface area contributed by atoms with E-state index in [1.54, 1.807) is 31.8 Å². The number of pyridine rings is 2. The number of nitrogens with zero attached hydrogens (tertiary/aromatic N) is 5.